The molecule has 1 aromatic rings. The van der Waals surface area contributed by atoms with Crippen LogP contribution in [-0.2, 0) is 6.42 Å². The van der Waals surface area contributed by atoms with E-state index in [4.69, 9.17) is 9.52 Å². The zero-order valence-corrected chi connectivity index (χ0v) is 18.3. The normalized spacial score (nSPS) is 19.0. The molecule has 0 spiro atoms. The van der Waals surface area contributed by atoms with Gasteiger partial charge in [0.25, 0.3) is 0 Å². The molecule has 0 radical (unpaired) electrons. The van der Waals surface area contributed by atoms with Gasteiger partial charge in [-0.05, 0) is 20.8 Å². The molecule has 6 nitrogen and oxygen atoms in total. The van der Waals surface area contributed by atoms with Crippen LogP contribution in [0.15, 0.2) is 9.52 Å². The lowest BCUT2D eigenvalue weighted by atomic mass is 9.65. The van der Waals surface area contributed by atoms with Crippen LogP contribution in [0.25, 0.3) is 0 Å². The number of guanidine groups is 1. The number of aliphatic imine (C=N–C) groups is 1. The van der Waals surface area contributed by atoms with Crippen molar-refractivity contribution in [3.8, 4) is 0 Å². The van der Waals surface area contributed by atoms with Gasteiger partial charge in [0.2, 0.25) is 5.89 Å². The monoisotopic (exact) mass is 449 g/mol. The van der Waals surface area contributed by atoms with Crippen molar-refractivity contribution in [1.29, 1.82) is 0 Å². The molecule has 1 fully saturated rings. The summed E-state index contributed by atoms with van der Waals surface area (Å²) in [5.74, 6) is 2.69. The summed E-state index contributed by atoms with van der Waals surface area (Å²) in [5.41, 5.74) is 0.394. The molecule has 2 rings (SSSR count). The second kappa shape index (κ2) is 8.01. The Morgan fingerprint density at radius 1 is 1.33 bits per heavy atom. The molecule has 7 heteroatoms. The van der Waals surface area contributed by atoms with E-state index < -0.39 is 0 Å². The molecule has 1 aliphatic heterocycles. The van der Waals surface area contributed by atoms with Gasteiger partial charge in [-0.25, -0.2) is 0 Å². The second-order valence-corrected chi connectivity index (χ2v) is 7.72. The van der Waals surface area contributed by atoms with Gasteiger partial charge >= 0.3 is 0 Å². The summed E-state index contributed by atoms with van der Waals surface area (Å²) < 4.78 is 5.28. The highest BCUT2D eigenvalue weighted by molar-refractivity contribution is 14.0. The van der Waals surface area contributed by atoms with E-state index in [1.807, 2.05) is 0 Å². The van der Waals surface area contributed by atoms with Crippen molar-refractivity contribution in [2.75, 3.05) is 19.6 Å². The molecule has 0 aliphatic carbocycles. The second-order valence-electron chi connectivity index (χ2n) is 7.72. The van der Waals surface area contributed by atoms with E-state index in [-0.39, 0.29) is 35.4 Å². The number of halogens is 1. The molecule has 24 heavy (non-hydrogen) atoms. The quantitative estimate of drug-likeness (QED) is 0.424. The Kier molecular flexibility index (Phi) is 7.07. The molecule has 1 saturated heterocycles. The van der Waals surface area contributed by atoms with E-state index >= 15 is 0 Å². The Hall–Kier alpha value is -0.860. The van der Waals surface area contributed by atoms with Crippen molar-refractivity contribution < 1.29 is 4.52 Å². The number of nitrogens with zero attached hydrogens (tertiary/aromatic N) is 4. The Bertz CT molecular complexity index is 565. The number of aromatic nitrogens is 2. The van der Waals surface area contributed by atoms with Crippen LogP contribution >= 0.6 is 24.0 Å². The maximum Gasteiger partial charge on any atom is 0.228 e. The third-order valence-corrected chi connectivity index (χ3v) is 5.06. The van der Waals surface area contributed by atoms with Crippen LogP contribution in [0.5, 0.6) is 0 Å². The van der Waals surface area contributed by atoms with Crippen molar-refractivity contribution in [2.45, 2.75) is 66.3 Å². The minimum Gasteiger partial charge on any atom is -0.356 e. The number of likely N-dealkylation sites (tertiary alicyclic amines) is 1. The SMILES string of the molecule is CCNC(=NCCc1nc(C(C)C)no1)N1CC(C)(C)C1(C)C.I. The Morgan fingerprint density at radius 3 is 2.46 bits per heavy atom. The number of nitrogens with one attached hydrogen (secondary N) is 1. The van der Waals surface area contributed by atoms with E-state index in [2.05, 4.69) is 68.8 Å². The maximum atomic E-state index is 5.28. The van der Waals surface area contributed by atoms with Gasteiger partial charge in [-0.15, -0.1) is 24.0 Å². The lowest BCUT2D eigenvalue weighted by Gasteiger charge is -2.62. The van der Waals surface area contributed by atoms with Gasteiger partial charge in [-0.2, -0.15) is 4.98 Å². The molecule has 1 N–H and O–H groups in total. The maximum absolute atomic E-state index is 5.28. The largest absolute Gasteiger partial charge is 0.356 e. The molecular formula is C17H32IN5O. The van der Waals surface area contributed by atoms with Crippen LogP contribution in [0.2, 0.25) is 0 Å². The Balaban J connectivity index is 0.00000288. The molecule has 0 amide bonds. The molecular weight excluding hydrogens is 417 g/mol. The van der Waals surface area contributed by atoms with Gasteiger partial charge in [0.05, 0.1) is 6.54 Å². The predicted molar refractivity (Wildman–Crippen MR) is 108 cm³/mol. The highest BCUT2D eigenvalue weighted by atomic mass is 127. The van der Waals surface area contributed by atoms with Crippen LogP contribution in [0.3, 0.4) is 0 Å². The Labute approximate surface area is 162 Å². The summed E-state index contributed by atoms with van der Waals surface area (Å²) in [6, 6.07) is 0. The smallest absolute Gasteiger partial charge is 0.228 e. The zero-order valence-electron chi connectivity index (χ0n) is 16.0. The third kappa shape index (κ3) is 4.21. The topological polar surface area (TPSA) is 66.5 Å². The highest BCUT2D eigenvalue weighted by Crippen LogP contribution is 2.46. The fraction of sp³-hybridized carbons (Fsp3) is 0.824. The van der Waals surface area contributed by atoms with Crippen molar-refractivity contribution in [2.24, 2.45) is 10.4 Å². The first-order valence-corrected chi connectivity index (χ1v) is 8.57. The summed E-state index contributed by atoms with van der Waals surface area (Å²) in [6.07, 6.45) is 0.673. The van der Waals surface area contributed by atoms with Crippen molar-refractivity contribution in [3.05, 3.63) is 11.7 Å². The summed E-state index contributed by atoms with van der Waals surface area (Å²) >= 11 is 0. The fourth-order valence-electron chi connectivity index (χ4n) is 2.66. The highest BCUT2D eigenvalue weighted by Gasteiger charge is 2.53. The molecule has 0 bridgehead atoms. The first-order chi connectivity index (χ1) is 10.7. The van der Waals surface area contributed by atoms with Crippen LogP contribution in [0, 0.1) is 5.41 Å². The zero-order chi connectivity index (χ0) is 17.3. The number of hydrogen-bond acceptors (Lipinski definition) is 4. The molecule has 2 heterocycles. The Morgan fingerprint density at radius 2 is 2.00 bits per heavy atom. The first kappa shape index (κ1) is 21.2. The molecule has 0 saturated carbocycles. The molecule has 0 atom stereocenters. The van der Waals surface area contributed by atoms with Gasteiger partial charge in [-0.3, -0.25) is 4.99 Å². The van der Waals surface area contributed by atoms with Crippen LogP contribution in [0.4, 0.5) is 0 Å². The standard InChI is InChI=1S/C17H31N5O.HI/c1-8-18-15(22-11-16(4,5)17(22,6)7)19-10-9-13-20-14(12(2)3)21-23-13;/h12H,8-11H2,1-7H3,(H,18,19);1H. The predicted octanol–water partition coefficient (Wildman–Crippen LogP) is 3.44. The lowest BCUT2D eigenvalue weighted by Crippen LogP contribution is -2.72. The third-order valence-electron chi connectivity index (χ3n) is 5.06. The molecule has 0 unspecified atom stereocenters. The van der Waals surface area contributed by atoms with Crippen LogP contribution < -0.4 is 5.32 Å². The minimum atomic E-state index is 0. The molecule has 0 aromatic carbocycles. The van der Waals surface area contributed by atoms with E-state index in [0.29, 0.717) is 24.3 Å². The minimum absolute atomic E-state index is 0. The molecule has 1 aliphatic rings. The number of rotatable bonds is 5. The van der Waals surface area contributed by atoms with Crippen molar-refractivity contribution in [1.82, 2.24) is 20.4 Å². The fourth-order valence-corrected chi connectivity index (χ4v) is 2.66. The number of hydrogen-bond donors (Lipinski definition) is 1. The van der Waals surface area contributed by atoms with Gasteiger partial charge in [0, 0.05) is 36.4 Å². The average molecular weight is 449 g/mol. The van der Waals surface area contributed by atoms with Crippen LogP contribution in [0.1, 0.15) is 66.1 Å². The van der Waals surface area contributed by atoms with E-state index in [1.54, 1.807) is 0 Å². The van der Waals surface area contributed by atoms with Crippen molar-refractivity contribution in [3.63, 3.8) is 0 Å². The first-order valence-electron chi connectivity index (χ1n) is 8.57. The van der Waals surface area contributed by atoms with E-state index in [1.165, 1.54) is 0 Å². The van der Waals surface area contributed by atoms with Gasteiger partial charge < -0.3 is 14.7 Å². The average Bonchev–Trinajstić information content (AvgIpc) is 2.93. The van der Waals surface area contributed by atoms with Crippen LogP contribution in [-0.4, -0.2) is 46.2 Å². The van der Waals surface area contributed by atoms with Gasteiger partial charge in [0.15, 0.2) is 11.8 Å². The lowest BCUT2D eigenvalue weighted by molar-refractivity contribution is -0.0667. The molecule has 1 aromatic heterocycles. The summed E-state index contributed by atoms with van der Waals surface area (Å²) in [4.78, 5) is 11.5. The molecule has 138 valence electrons. The summed E-state index contributed by atoms with van der Waals surface area (Å²) in [5, 5.41) is 7.39. The van der Waals surface area contributed by atoms with Crippen molar-refractivity contribution >= 4 is 29.9 Å². The van der Waals surface area contributed by atoms with E-state index in [9.17, 15) is 0 Å². The summed E-state index contributed by atoms with van der Waals surface area (Å²) in [6.45, 7) is 17.9. The summed E-state index contributed by atoms with van der Waals surface area (Å²) in [7, 11) is 0. The van der Waals surface area contributed by atoms with Gasteiger partial charge in [0.1, 0.15) is 0 Å². The van der Waals surface area contributed by atoms with Gasteiger partial charge in [-0.1, -0.05) is 32.9 Å². The van der Waals surface area contributed by atoms with E-state index in [0.717, 1.165) is 24.9 Å².